The number of carbonyl (C=O) groups is 1. The molecule has 12 heavy (non-hydrogen) atoms. The molecule has 1 amide bonds. The molecule has 5 heteroatoms. The summed E-state index contributed by atoms with van der Waals surface area (Å²) in [6.07, 6.45) is 1.38. The van der Waals surface area contributed by atoms with E-state index < -0.39 is 0 Å². The molecule has 0 fully saturated rings. The lowest BCUT2D eigenvalue weighted by atomic mass is 10.3. The summed E-state index contributed by atoms with van der Waals surface area (Å²) in [7, 11) is 0. The first-order valence-electron chi connectivity index (χ1n) is 3.46. The highest BCUT2D eigenvalue weighted by molar-refractivity contribution is 9.10. The number of amides is 1. The third-order valence-corrected chi connectivity index (χ3v) is 1.68. The molecule has 0 bridgehead atoms. The number of nitrogens with one attached hydrogen (secondary N) is 1. The zero-order valence-electron chi connectivity index (χ0n) is 6.34. The molecule has 3 N–H and O–H groups in total. The van der Waals surface area contributed by atoms with Crippen LogP contribution in [0, 0.1) is 0 Å². The predicted molar refractivity (Wildman–Crippen MR) is 47.8 cm³/mol. The minimum absolute atomic E-state index is 0.171. The molecule has 0 aromatic carbocycles. The van der Waals surface area contributed by atoms with E-state index >= 15 is 0 Å². The van der Waals surface area contributed by atoms with E-state index in [1.165, 1.54) is 6.26 Å². The van der Waals surface area contributed by atoms with Crippen molar-refractivity contribution in [3.05, 3.63) is 22.6 Å². The number of rotatable bonds is 3. The molecule has 0 atom stereocenters. The zero-order valence-corrected chi connectivity index (χ0v) is 7.93. The Hall–Kier alpha value is -0.810. The maximum atomic E-state index is 11.2. The summed E-state index contributed by atoms with van der Waals surface area (Å²) in [5.74, 6) is -0.171. The fourth-order valence-electron chi connectivity index (χ4n) is 0.717. The lowest BCUT2D eigenvalue weighted by Crippen LogP contribution is -2.28. The number of hydrogen-bond acceptors (Lipinski definition) is 3. The maximum Gasteiger partial charge on any atom is 0.254 e. The molecule has 0 saturated heterocycles. The molecule has 1 rings (SSSR count). The van der Waals surface area contributed by atoms with Crippen LogP contribution in [0.15, 0.2) is 21.4 Å². The van der Waals surface area contributed by atoms with Crippen molar-refractivity contribution in [1.82, 2.24) is 5.32 Å². The first kappa shape index (κ1) is 9.28. The second kappa shape index (κ2) is 4.27. The van der Waals surface area contributed by atoms with Crippen molar-refractivity contribution in [2.75, 3.05) is 13.1 Å². The number of furan rings is 1. The van der Waals surface area contributed by atoms with Crippen molar-refractivity contribution in [3.63, 3.8) is 0 Å². The van der Waals surface area contributed by atoms with E-state index in [-0.39, 0.29) is 5.91 Å². The van der Waals surface area contributed by atoms with E-state index in [2.05, 4.69) is 21.2 Å². The summed E-state index contributed by atoms with van der Waals surface area (Å²) >= 11 is 3.10. The largest absolute Gasteiger partial charge is 0.457 e. The molecule has 0 spiro atoms. The van der Waals surface area contributed by atoms with Gasteiger partial charge in [-0.3, -0.25) is 4.79 Å². The Morgan fingerprint density at radius 3 is 3.00 bits per heavy atom. The first-order chi connectivity index (χ1) is 5.74. The van der Waals surface area contributed by atoms with Crippen LogP contribution in [0.3, 0.4) is 0 Å². The van der Waals surface area contributed by atoms with Crippen molar-refractivity contribution in [1.29, 1.82) is 0 Å². The van der Waals surface area contributed by atoms with Crippen molar-refractivity contribution >= 4 is 21.8 Å². The van der Waals surface area contributed by atoms with Gasteiger partial charge in [-0.05, 0) is 15.9 Å². The van der Waals surface area contributed by atoms with Gasteiger partial charge >= 0.3 is 0 Å². The Morgan fingerprint density at radius 1 is 1.75 bits per heavy atom. The fourth-order valence-corrected chi connectivity index (χ4v) is 1.06. The van der Waals surface area contributed by atoms with Gasteiger partial charge in [-0.2, -0.15) is 0 Å². The highest BCUT2D eigenvalue weighted by Gasteiger charge is 2.07. The molecule has 0 aliphatic heterocycles. The molecule has 0 radical (unpaired) electrons. The third-order valence-electron chi connectivity index (χ3n) is 1.26. The Kier molecular flexibility index (Phi) is 3.31. The highest BCUT2D eigenvalue weighted by atomic mass is 79.9. The standard InChI is InChI=1S/C7H9BrN2O2/c8-6-3-5(4-12-6)7(11)10-2-1-9/h3-4H,1-2,9H2,(H,10,11). The van der Waals surface area contributed by atoms with E-state index in [9.17, 15) is 4.79 Å². The van der Waals surface area contributed by atoms with Crippen molar-refractivity contribution in [2.24, 2.45) is 5.73 Å². The topological polar surface area (TPSA) is 68.3 Å². The van der Waals surface area contributed by atoms with Crippen LogP contribution in [0.1, 0.15) is 10.4 Å². The van der Waals surface area contributed by atoms with Crippen LogP contribution in [0.25, 0.3) is 0 Å². The van der Waals surface area contributed by atoms with Gasteiger partial charge in [0.1, 0.15) is 6.26 Å². The van der Waals surface area contributed by atoms with Gasteiger partial charge in [0, 0.05) is 19.2 Å². The minimum Gasteiger partial charge on any atom is -0.457 e. The molecule has 1 aromatic heterocycles. The predicted octanol–water partition coefficient (Wildman–Crippen LogP) is 0.731. The Labute approximate surface area is 78.2 Å². The lowest BCUT2D eigenvalue weighted by molar-refractivity contribution is 0.0954. The van der Waals surface area contributed by atoms with Crippen LogP contribution >= 0.6 is 15.9 Å². The van der Waals surface area contributed by atoms with Gasteiger partial charge in [-0.1, -0.05) is 0 Å². The van der Waals surface area contributed by atoms with Crippen LogP contribution in [0.4, 0.5) is 0 Å². The van der Waals surface area contributed by atoms with E-state index in [1.54, 1.807) is 6.07 Å². The Morgan fingerprint density at radius 2 is 2.50 bits per heavy atom. The molecule has 1 heterocycles. The van der Waals surface area contributed by atoms with E-state index in [4.69, 9.17) is 10.2 Å². The van der Waals surface area contributed by atoms with Crippen LogP contribution in [-0.2, 0) is 0 Å². The SMILES string of the molecule is NCCNC(=O)c1coc(Br)c1. The summed E-state index contributed by atoms with van der Waals surface area (Å²) in [6.45, 7) is 0.909. The minimum atomic E-state index is -0.171. The number of carbonyl (C=O) groups excluding carboxylic acids is 1. The van der Waals surface area contributed by atoms with Crippen molar-refractivity contribution in [2.45, 2.75) is 0 Å². The molecular formula is C7H9BrN2O2. The van der Waals surface area contributed by atoms with Crippen molar-refractivity contribution in [3.8, 4) is 0 Å². The van der Waals surface area contributed by atoms with Gasteiger partial charge in [-0.25, -0.2) is 0 Å². The van der Waals surface area contributed by atoms with Gasteiger partial charge in [0.15, 0.2) is 4.67 Å². The van der Waals surface area contributed by atoms with Crippen LogP contribution in [0.5, 0.6) is 0 Å². The highest BCUT2D eigenvalue weighted by Crippen LogP contribution is 2.13. The Bertz CT molecular complexity index is 272. The normalized spacial score (nSPS) is 9.83. The summed E-state index contributed by atoms with van der Waals surface area (Å²) in [5.41, 5.74) is 5.71. The van der Waals surface area contributed by atoms with E-state index in [0.29, 0.717) is 23.3 Å². The number of hydrogen-bond donors (Lipinski definition) is 2. The molecule has 66 valence electrons. The molecular weight excluding hydrogens is 224 g/mol. The van der Waals surface area contributed by atoms with Gasteiger partial charge in [0.2, 0.25) is 0 Å². The maximum absolute atomic E-state index is 11.2. The Balaban J connectivity index is 2.53. The number of nitrogens with two attached hydrogens (primary N) is 1. The summed E-state index contributed by atoms with van der Waals surface area (Å²) in [6, 6.07) is 1.60. The van der Waals surface area contributed by atoms with Crippen LogP contribution in [-0.4, -0.2) is 19.0 Å². The first-order valence-corrected chi connectivity index (χ1v) is 4.25. The molecule has 1 aromatic rings. The van der Waals surface area contributed by atoms with Crippen molar-refractivity contribution < 1.29 is 9.21 Å². The molecule has 0 aliphatic rings. The monoisotopic (exact) mass is 232 g/mol. The second-order valence-electron chi connectivity index (χ2n) is 2.18. The van der Waals surface area contributed by atoms with Crippen LogP contribution < -0.4 is 11.1 Å². The molecule has 0 unspecified atom stereocenters. The second-order valence-corrected chi connectivity index (χ2v) is 2.97. The summed E-state index contributed by atoms with van der Waals surface area (Å²) < 4.78 is 5.43. The van der Waals surface area contributed by atoms with E-state index in [0.717, 1.165) is 0 Å². The molecule has 0 aliphatic carbocycles. The lowest BCUT2D eigenvalue weighted by Gasteiger charge is -1.98. The smallest absolute Gasteiger partial charge is 0.254 e. The van der Waals surface area contributed by atoms with E-state index in [1.807, 2.05) is 0 Å². The summed E-state index contributed by atoms with van der Waals surface area (Å²) in [4.78, 5) is 11.2. The quantitative estimate of drug-likeness (QED) is 0.808. The van der Waals surface area contributed by atoms with Crippen LogP contribution in [0.2, 0.25) is 0 Å². The van der Waals surface area contributed by atoms with Gasteiger partial charge in [0.05, 0.1) is 5.56 Å². The molecule has 4 nitrogen and oxygen atoms in total. The average molecular weight is 233 g/mol. The molecule has 0 saturated carbocycles. The van der Waals surface area contributed by atoms with Gasteiger partial charge in [0.25, 0.3) is 5.91 Å². The van der Waals surface area contributed by atoms with Gasteiger partial charge < -0.3 is 15.5 Å². The van der Waals surface area contributed by atoms with Gasteiger partial charge in [-0.15, -0.1) is 0 Å². The number of halogens is 1. The fraction of sp³-hybridized carbons (Fsp3) is 0.286. The summed E-state index contributed by atoms with van der Waals surface area (Å²) in [5, 5.41) is 2.62. The third kappa shape index (κ3) is 2.35. The zero-order chi connectivity index (χ0) is 8.97. The average Bonchev–Trinajstić information content (AvgIpc) is 2.47.